The monoisotopic (exact) mass is 477 g/mol. The largest absolute Gasteiger partial charge is 0.382 e. The number of para-hydroxylation sites is 1. The molecule has 7 nitrogen and oxygen atoms in total. The van der Waals surface area contributed by atoms with Crippen LogP contribution in [0.25, 0.3) is 27.3 Å². The second kappa shape index (κ2) is 9.86. The Morgan fingerprint density at radius 2 is 1.88 bits per heavy atom. The van der Waals surface area contributed by atoms with Crippen molar-refractivity contribution in [1.82, 2.24) is 24.1 Å². The number of nitrogens with zero attached hydrogens (tertiary/aromatic N) is 5. The van der Waals surface area contributed by atoms with E-state index in [1.54, 1.807) is 27.7 Å². The summed E-state index contributed by atoms with van der Waals surface area (Å²) >= 11 is 3.21. The normalized spacial score (nSPS) is 11.5. The van der Waals surface area contributed by atoms with E-state index in [-0.39, 0.29) is 5.56 Å². The summed E-state index contributed by atoms with van der Waals surface area (Å²) in [5.41, 5.74) is 2.88. The fourth-order valence-electron chi connectivity index (χ4n) is 3.72. The molecule has 0 unspecified atom stereocenters. The van der Waals surface area contributed by atoms with Gasteiger partial charge in [-0.15, -0.1) is 21.5 Å². The van der Waals surface area contributed by atoms with Crippen LogP contribution < -0.4 is 5.56 Å². The second-order valence-electron chi connectivity index (χ2n) is 7.44. The number of hydrogen-bond acceptors (Lipinski definition) is 7. The molecule has 3 aromatic heterocycles. The van der Waals surface area contributed by atoms with Crippen molar-refractivity contribution in [1.29, 1.82) is 0 Å². The Balaban J connectivity index is 1.46. The Morgan fingerprint density at radius 3 is 2.73 bits per heavy atom. The van der Waals surface area contributed by atoms with E-state index in [4.69, 9.17) is 9.72 Å². The molecule has 0 aliphatic carbocycles. The van der Waals surface area contributed by atoms with Crippen molar-refractivity contribution < 1.29 is 4.74 Å². The maximum absolute atomic E-state index is 13.2. The minimum absolute atomic E-state index is 0.0504. The Morgan fingerprint density at radius 1 is 1.06 bits per heavy atom. The number of rotatable bonds is 9. The summed E-state index contributed by atoms with van der Waals surface area (Å²) in [6.45, 7) is 3.76. The van der Waals surface area contributed by atoms with Gasteiger partial charge >= 0.3 is 0 Å². The first-order chi connectivity index (χ1) is 16.3. The van der Waals surface area contributed by atoms with Crippen LogP contribution in [-0.4, -0.2) is 37.4 Å². The highest BCUT2D eigenvalue weighted by atomic mass is 32.2. The summed E-state index contributed by atoms with van der Waals surface area (Å²) in [5, 5.41) is 13.3. The standard InChI is InChI=1S/C24H23N5O2S2/c1-2-31-14-8-13-28-22(30)19-11-6-7-12-20(19)29-23(28)26-27-24(29)33-16-18-15-32-21(25-18)17-9-4-3-5-10-17/h3-7,9-12,15H,2,8,13-14,16H2,1H3. The van der Waals surface area contributed by atoms with E-state index < -0.39 is 0 Å². The summed E-state index contributed by atoms with van der Waals surface area (Å²) in [4.78, 5) is 17.9. The van der Waals surface area contributed by atoms with Gasteiger partial charge in [0, 0.05) is 36.5 Å². The minimum atomic E-state index is -0.0504. The van der Waals surface area contributed by atoms with Gasteiger partial charge in [0.1, 0.15) is 5.01 Å². The van der Waals surface area contributed by atoms with E-state index in [2.05, 4.69) is 27.7 Å². The highest BCUT2D eigenvalue weighted by Gasteiger charge is 2.17. The average molecular weight is 478 g/mol. The first-order valence-corrected chi connectivity index (χ1v) is 12.7. The van der Waals surface area contributed by atoms with Gasteiger partial charge < -0.3 is 4.74 Å². The third-order valence-electron chi connectivity index (χ3n) is 5.27. The van der Waals surface area contributed by atoms with Crippen LogP contribution in [0.4, 0.5) is 0 Å². The topological polar surface area (TPSA) is 74.3 Å². The van der Waals surface area contributed by atoms with Crippen molar-refractivity contribution in [3.63, 3.8) is 0 Å². The molecule has 0 saturated carbocycles. The number of ether oxygens (including phenoxy) is 1. The van der Waals surface area contributed by atoms with E-state index in [9.17, 15) is 4.79 Å². The molecular formula is C24H23N5O2S2. The van der Waals surface area contributed by atoms with Gasteiger partial charge in [0.2, 0.25) is 5.78 Å². The Bertz CT molecular complexity index is 1440. The van der Waals surface area contributed by atoms with Crippen molar-refractivity contribution in [3.05, 3.63) is 76.0 Å². The number of fused-ring (bicyclic) bond motifs is 3. The van der Waals surface area contributed by atoms with Gasteiger partial charge in [0.25, 0.3) is 5.56 Å². The molecular weight excluding hydrogens is 454 g/mol. The Kier molecular flexibility index (Phi) is 6.52. The molecule has 0 saturated heterocycles. The summed E-state index contributed by atoms with van der Waals surface area (Å²) < 4.78 is 9.13. The van der Waals surface area contributed by atoms with Gasteiger partial charge in [0.15, 0.2) is 5.16 Å². The number of hydrogen-bond donors (Lipinski definition) is 0. The van der Waals surface area contributed by atoms with Crippen molar-refractivity contribution >= 4 is 39.8 Å². The Hall–Kier alpha value is -3.01. The van der Waals surface area contributed by atoms with Gasteiger partial charge in [-0.3, -0.25) is 13.8 Å². The summed E-state index contributed by atoms with van der Waals surface area (Å²) in [5.74, 6) is 1.23. The molecule has 0 amide bonds. The number of thioether (sulfide) groups is 1. The first kappa shape index (κ1) is 21.8. The predicted octanol–water partition coefficient (Wildman–Crippen LogP) is 4.89. The molecule has 33 heavy (non-hydrogen) atoms. The summed E-state index contributed by atoms with van der Waals surface area (Å²) in [6.07, 6.45) is 0.734. The molecule has 5 rings (SSSR count). The zero-order valence-corrected chi connectivity index (χ0v) is 19.8. The van der Waals surface area contributed by atoms with Crippen molar-refractivity contribution in [3.8, 4) is 10.6 Å². The molecule has 168 valence electrons. The van der Waals surface area contributed by atoms with Crippen LogP contribution in [0.5, 0.6) is 0 Å². The first-order valence-electron chi connectivity index (χ1n) is 10.8. The van der Waals surface area contributed by atoms with Crippen LogP contribution in [0.1, 0.15) is 19.0 Å². The fourth-order valence-corrected chi connectivity index (χ4v) is 5.49. The molecule has 0 aliphatic heterocycles. The van der Waals surface area contributed by atoms with Gasteiger partial charge in [-0.2, -0.15) is 0 Å². The molecule has 5 aromatic rings. The van der Waals surface area contributed by atoms with Crippen molar-refractivity contribution in [2.24, 2.45) is 0 Å². The van der Waals surface area contributed by atoms with Crippen molar-refractivity contribution in [2.45, 2.75) is 30.8 Å². The zero-order valence-electron chi connectivity index (χ0n) is 18.2. The average Bonchev–Trinajstić information content (AvgIpc) is 3.50. The predicted molar refractivity (Wildman–Crippen MR) is 133 cm³/mol. The highest BCUT2D eigenvalue weighted by Crippen LogP contribution is 2.28. The van der Waals surface area contributed by atoms with E-state index in [0.717, 1.165) is 33.4 Å². The molecule has 0 radical (unpaired) electrons. The number of benzene rings is 2. The molecule has 0 bridgehead atoms. The maximum Gasteiger partial charge on any atom is 0.262 e. The molecule has 3 heterocycles. The Labute approximate surface area is 199 Å². The van der Waals surface area contributed by atoms with Gasteiger partial charge in [0.05, 0.1) is 16.6 Å². The molecule has 0 fully saturated rings. The molecule has 0 aliphatic rings. The van der Waals surface area contributed by atoms with Crippen LogP contribution in [0.15, 0.2) is 69.9 Å². The SMILES string of the molecule is CCOCCCn1c(=O)c2ccccc2n2c(SCc3csc(-c4ccccc4)n3)nnc12. The number of aryl methyl sites for hydroxylation is 1. The summed E-state index contributed by atoms with van der Waals surface area (Å²) in [6, 6.07) is 17.8. The minimum Gasteiger partial charge on any atom is -0.382 e. The van der Waals surface area contributed by atoms with Gasteiger partial charge in [-0.05, 0) is 25.5 Å². The van der Waals surface area contributed by atoms with Gasteiger partial charge in [-0.1, -0.05) is 54.2 Å². The fraction of sp³-hybridized carbons (Fsp3) is 0.250. The van der Waals surface area contributed by atoms with Crippen LogP contribution in [0, 0.1) is 0 Å². The van der Waals surface area contributed by atoms with E-state index in [0.29, 0.717) is 36.7 Å². The van der Waals surface area contributed by atoms with Crippen LogP contribution in [0.3, 0.4) is 0 Å². The molecule has 2 aromatic carbocycles. The molecule has 0 atom stereocenters. The number of aromatic nitrogens is 5. The lowest BCUT2D eigenvalue weighted by Crippen LogP contribution is -2.24. The van der Waals surface area contributed by atoms with E-state index in [1.807, 2.05) is 53.8 Å². The van der Waals surface area contributed by atoms with Gasteiger partial charge in [-0.25, -0.2) is 4.98 Å². The highest BCUT2D eigenvalue weighted by molar-refractivity contribution is 7.98. The lowest BCUT2D eigenvalue weighted by molar-refractivity contribution is 0.141. The third kappa shape index (κ3) is 4.44. The lowest BCUT2D eigenvalue weighted by atomic mass is 10.2. The van der Waals surface area contributed by atoms with Crippen LogP contribution in [0.2, 0.25) is 0 Å². The second-order valence-corrected chi connectivity index (χ2v) is 9.24. The summed E-state index contributed by atoms with van der Waals surface area (Å²) in [7, 11) is 0. The maximum atomic E-state index is 13.2. The quantitative estimate of drug-likeness (QED) is 0.222. The van der Waals surface area contributed by atoms with Crippen LogP contribution >= 0.6 is 23.1 Å². The van der Waals surface area contributed by atoms with E-state index >= 15 is 0 Å². The smallest absolute Gasteiger partial charge is 0.262 e. The van der Waals surface area contributed by atoms with E-state index in [1.165, 1.54) is 0 Å². The lowest BCUT2D eigenvalue weighted by Gasteiger charge is -2.11. The molecule has 9 heteroatoms. The zero-order chi connectivity index (χ0) is 22.6. The third-order valence-corrected chi connectivity index (χ3v) is 7.18. The molecule has 0 N–H and O–H groups in total. The number of thiazole rings is 1. The van der Waals surface area contributed by atoms with Crippen LogP contribution in [-0.2, 0) is 17.0 Å². The van der Waals surface area contributed by atoms with Crippen molar-refractivity contribution in [2.75, 3.05) is 13.2 Å². The molecule has 0 spiro atoms.